The third-order valence-corrected chi connectivity index (χ3v) is 9.59. The summed E-state index contributed by atoms with van der Waals surface area (Å²) in [6, 6.07) is 0. The highest BCUT2D eigenvalue weighted by atomic mass is 32.3. The van der Waals surface area contributed by atoms with Crippen LogP contribution in [0.25, 0.3) is 0 Å². The van der Waals surface area contributed by atoms with E-state index in [4.69, 9.17) is 4.74 Å². The predicted molar refractivity (Wildman–Crippen MR) is 115 cm³/mol. The monoisotopic (exact) mass is 437 g/mol. The quantitative estimate of drug-likeness (QED) is 0.362. The molecule has 0 aromatic heterocycles. The number of hydrogen-bond donors (Lipinski definition) is 1. The van der Waals surface area contributed by atoms with Gasteiger partial charge in [-0.15, -0.1) is 0 Å². The Hall–Kier alpha value is -0.760. The summed E-state index contributed by atoms with van der Waals surface area (Å²) in [6.45, 7) is 4.98. The van der Waals surface area contributed by atoms with Gasteiger partial charge in [0.2, 0.25) is 10.1 Å². The summed E-state index contributed by atoms with van der Waals surface area (Å²) in [7, 11) is -7.81. The van der Waals surface area contributed by atoms with E-state index in [1.807, 2.05) is 0 Å². The summed E-state index contributed by atoms with van der Waals surface area (Å²) in [6.07, 6.45) is 11.3. The summed E-state index contributed by atoms with van der Waals surface area (Å²) in [4.78, 5) is 0. The number of ether oxygens (including phenoxy) is 1. The minimum Gasteiger partial charge on any atom is -0.476 e. The van der Waals surface area contributed by atoms with Gasteiger partial charge in [0.15, 0.2) is 19.7 Å². The number of rotatable bonds is 16. The van der Waals surface area contributed by atoms with Crippen molar-refractivity contribution in [3.8, 4) is 0 Å². The highest BCUT2D eigenvalue weighted by Gasteiger charge is 2.36. The van der Waals surface area contributed by atoms with Crippen molar-refractivity contribution in [1.82, 2.24) is 5.32 Å². The molecule has 0 amide bonds. The van der Waals surface area contributed by atoms with Gasteiger partial charge >= 0.3 is 0 Å². The van der Waals surface area contributed by atoms with Crippen LogP contribution in [0, 0.1) is 0 Å². The van der Waals surface area contributed by atoms with Gasteiger partial charge in [0.1, 0.15) is 6.61 Å². The third-order valence-electron chi connectivity index (χ3n) is 4.92. The Balaban J connectivity index is 2.73. The first kappa shape index (κ1) is 25.3. The van der Waals surface area contributed by atoms with Crippen molar-refractivity contribution in [3.05, 3.63) is 10.1 Å². The van der Waals surface area contributed by atoms with Crippen molar-refractivity contribution >= 4 is 19.7 Å². The maximum Gasteiger partial charge on any atom is 0.218 e. The van der Waals surface area contributed by atoms with Crippen molar-refractivity contribution in [3.63, 3.8) is 0 Å². The molecule has 0 radical (unpaired) electrons. The molecule has 0 aromatic carbocycles. The second kappa shape index (κ2) is 13.5. The summed E-state index contributed by atoms with van der Waals surface area (Å²) in [5.74, 6) is -0.353. The van der Waals surface area contributed by atoms with E-state index in [1.165, 1.54) is 0 Å². The number of hydrogen-bond acceptors (Lipinski definition) is 6. The Morgan fingerprint density at radius 2 is 1.18 bits per heavy atom. The lowest BCUT2D eigenvalue weighted by molar-refractivity contribution is 0.265. The lowest BCUT2D eigenvalue weighted by Crippen LogP contribution is -2.24. The Morgan fingerprint density at radius 1 is 0.750 bits per heavy atom. The zero-order valence-corrected chi connectivity index (χ0v) is 19.3. The molecular formula is C20H39NO5S2. The molecule has 1 N–H and O–H groups in total. The molecule has 0 aliphatic carbocycles. The highest BCUT2D eigenvalue weighted by molar-refractivity contribution is 8.14. The normalized spacial score (nSPS) is 14.7. The molecule has 0 bridgehead atoms. The van der Waals surface area contributed by atoms with Crippen LogP contribution in [0.4, 0.5) is 0 Å². The fourth-order valence-electron chi connectivity index (χ4n) is 3.31. The van der Waals surface area contributed by atoms with E-state index >= 15 is 0 Å². The van der Waals surface area contributed by atoms with Gasteiger partial charge in [0.25, 0.3) is 0 Å². The average molecular weight is 438 g/mol. The molecule has 0 atom stereocenters. The summed E-state index contributed by atoms with van der Waals surface area (Å²) in [5, 5.41) is 2.80. The molecular weight excluding hydrogens is 398 g/mol. The molecule has 0 unspecified atom stereocenters. The molecule has 1 rings (SSSR count). The van der Waals surface area contributed by atoms with E-state index < -0.39 is 23.9 Å². The van der Waals surface area contributed by atoms with E-state index in [1.54, 1.807) is 0 Å². The van der Waals surface area contributed by atoms with Crippen molar-refractivity contribution in [2.45, 2.75) is 90.9 Å². The van der Waals surface area contributed by atoms with Crippen LogP contribution in [0.1, 0.15) is 90.9 Å². The Labute approximate surface area is 172 Å². The van der Waals surface area contributed by atoms with Crippen molar-refractivity contribution < 1.29 is 21.6 Å². The standard InChI is InChI=1S/C20H39NO5S2/c1-3-5-7-9-11-13-17-27(22,23)20(19-21-15-16-26-19)28(24,25)18-14-12-10-8-6-4-2/h21H,3-18H2,1-2H3. The van der Waals surface area contributed by atoms with Crippen LogP contribution in [0.15, 0.2) is 10.1 Å². The Kier molecular flexibility index (Phi) is 12.2. The highest BCUT2D eigenvalue weighted by Crippen LogP contribution is 2.25. The van der Waals surface area contributed by atoms with Gasteiger partial charge < -0.3 is 10.1 Å². The molecule has 0 saturated carbocycles. The number of unbranched alkanes of at least 4 members (excludes halogenated alkanes) is 10. The molecule has 1 fully saturated rings. The SMILES string of the molecule is CCCCCCCCS(=O)(=O)C(=C1NCCO1)S(=O)(=O)CCCCCCCC. The maximum absolute atomic E-state index is 12.9. The van der Waals surface area contributed by atoms with Gasteiger partial charge in [-0.05, 0) is 12.8 Å². The molecule has 1 saturated heterocycles. The molecule has 6 nitrogen and oxygen atoms in total. The van der Waals surface area contributed by atoms with E-state index in [9.17, 15) is 16.8 Å². The van der Waals surface area contributed by atoms with Crippen LogP contribution in [0.3, 0.4) is 0 Å². The van der Waals surface area contributed by atoms with Gasteiger partial charge in [-0.25, -0.2) is 16.8 Å². The topological polar surface area (TPSA) is 89.5 Å². The van der Waals surface area contributed by atoms with Crippen molar-refractivity contribution in [2.75, 3.05) is 24.7 Å². The minimum absolute atomic E-state index is 0.0723. The van der Waals surface area contributed by atoms with E-state index in [2.05, 4.69) is 19.2 Å². The van der Waals surface area contributed by atoms with Crippen LogP contribution in [0.5, 0.6) is 0 Å². The first-order chi connectivity index (χ1) is 13.3. The fraction of sp³-hybridized carbons (Fsp3) is 0.900. The Morgan fingerprint density at radius 3 is 1.57 bits per heavy atom. The molecule has 0 spiro atoms. The average Bonchev–Trinajstić information content (AvgIpc) is 3.14. The van der Waals surface area contributed by atoms with Crippen molar-refractivity contribution in [2.24, 2.45) is 0 Å². The van der Waals surface area contributed by atoms with Crippen LogP contribution >= 0.6 is 0 Å². The minimum atomic E-state index is -3.90. The van der Waals surface area contributed by atoms with Gasteiger partial charge in [-0.3, -0.25) is 0 Å². The molecule has 166 valence electrons. The molecule has 0 aromatic rings. The zero-order valence-electron chi connectivity index (χ0n) is 17.7. The van der Waals surface area contributed by atoms with Crippen LogP contribution in [-0.4, -0.2) is 41.5 Å². The van der Waals surface area contributed by atoms with Crippen molar-refractivity contribution in [1.29, 1.82) is 0 Å². The molecule has 1 heterocycles. The van der Waals surface area contributed by atoms with Gasteiger partial charge in [0.05, 0.1) is 18.1 Å². The third kappa shape index (κ3) is 9.16. The number of nitrogens with one attached hydrogen (secondary N) is 1. The lowest BCUT2D eigenvalue weighted by atomic mass is 10.1. The predicted octanol–water partition coefficient (Wildman–Crippen LogP) is 4.28. The van der Waals surface area contributed by atoms with Gasteiger partial charge in [-0.2, -0.15) is 0 Å². The van der Waals surface area contributed by atoms with E-state index in [0.717, 1.165) is 64.2 Å². The smallest absolute Gasteiger partial charge is 0.218 e. The first-order valence-corrected chi connectivity index (χ1v) is 14.2. The second-order valence-corrected chi connectivity index (χ2v) is 11.9. The lowest BCUT2D eigenvalue weighted by Gasteiger charge is -2.13. The first-order valence-electron chi connectivity index (χ1n) is 10.9. The van der Waals surface area contributed by atoms with Crippen LogP contribution in [0.2, 0.25) is 0 Å². The van der Waals surface area contributed by atoms with Gasteiger partial charge in [-0.1, -0.05) is 78.1 Å². The number of sulfone groups is 2. The van der Waals surface area contributed by atoms with Gasteiger partial charge in [0, 0.05) is 0 Å². The summed E-state index contributed by atoms with van der Waals surface area (Å²) >= 11 is 0. The van der Waals surface area contributed by atoms with Crippen LogP contribution < -0.4 is 5.32 Å². The van der Waals surface area contributed by atoms with Crippen LogP contribution in [-0.2, 0) is 24.4 Å². The zero-order chi connectivity index (χ0) is 20.9. The molecule has 8 heteroatoms. The molecule has 1 aliphatic rings. The maximum atomic E-state index is 12.9. The molecule has 1 aliphatic heterocycles. The summed E-state index contributed by atoms with van der Waals surface area (Å²) < 4.78 is 56.3. The molecule has 28 heavy (non-hydrogen) atoms. The van der Waals surface area contributed by atoms with E-state index in [-0.39, 0.29) is 24.0 Å². The van der Waals surface area contributed by atoms with E-state index in [0.29, 0.717) is 19.4 Å². The Bertz CT molecular complexity index is 613. The summed E-state index contributed by atoms with van der Waals surface area (Å²) in [5.41, 5.74) is 0. The second-order valence-electron chi connectivity index (χ2n) is 7.57. The fourth-order valence-corrected chi connectivity index (χ4v) is 7.72. The largest absolute Gasteiger partial charge is 0.476 e.